The van der Waals surface area contributed by atoms with Crippen molar-refractivity contribution in [1.29, 1.82) is 0 Å². The molecule has 0 fully saturated rings. The van der Waals surface area contributed by atoms with E-state index in [1.165, 1.54) is 0 Å². The molecule has 1 radical (unpaired) electrons. The van der Waals surface area contributed by atoms with E-state index in [-0.39, 0.29) is 6.79 Å². The highest BCUT2D eigenvalue weighted by Crippen LogP contribution is 2.40. The maximum Gasteiger partial charge on any atom is 0.234 e. The molecule has 3 rings (SSSR count). The molecule has 0 atom stereocenters. The molecule has 0 saturated carbocycles. The highest BCUT2D eigenvalue weighted by Gasteiger charge is 2.18. The largest absolute Gasteiger partial charge is 0.454 e. The summed E-state index contributed by atoms with van der Waals surface area (Å²) in [5, 5.41) is 1.74. The van der Waals surface area contributed by atoms with Crippen molar-refractivity contribution < 1.29 is 14.3 Å². The summed E-state index contributed by atoms with van der Waals surface area (Å²) in [6.45, 7) is 0.210. The molecule has 0 aliphatic carbocycles. The molecule has 0 aromatic heterocycles. The Hall–Kier alpha value is -2.03. The molecule has 15 heavy (non-hydrogen) atoms. The summed E-state index contributed by atoms with van der Waals surface area (Å²) in [7, 11) is 0. The summed E-state index contributed by atoms with van der Waals surface area (Å²) in [6.07, 6.45) is 1.91. The highest BCUT2D eigenvalue weighted by molar-refractivity contribution is 6.02. The van der Waals surface area contributed by atoms with E-state index in [1.54, 1.807) is 6.07 Å². The van der Waals surface area contributed by atoms with Gasteiger partial charge >= 0.3 is 0 Å². The monoisotopic (exact) mass is 199 g/mol. The number of hydrogen-bond donors (Lipinski definition) is 0. The van der Waals surface area contributed by atoms with Crippen molar-refractivity contribution in [2.75, 3.05) is 6.79 Å². The van der Waals surface area contributed by atoms with Crippen LogP contribution in [0, 0.1) is 0 Å². The standard InChI is InChI=1S/C12H7O3/c13-6-8-5-11-12(15-7-14-11)10-4-2-1-3-9(8)10/h1-5H,7H2. The number of ether oxygens (including phenoxy) is 2. The molecule has 0 unspecified atom stereocenters. The number of fused-ring (bicyclic) bond motifs is 3. The van der Waals surface area contributed by atoms with Crippen molar-refractivity contribution in [2.24, 2.45) is 0 Å². The minimum Gasteiger partial charge on any atom is -0.454 e. The minimum absolute atomic E-state index is 0.210. The van der Waals surface area contributed by atoms with Gasteiger partial charge in [0.25, 0.3) is 0 Å². The predicted octanol–water partition coefficient (Wildman–Crippen LogP) is 2.03. The SMILES string of the molecule is O=[C]c1cc2c(c3ccccc13)OCO2. The van der Waals surface area contributed by atoms with Gasteiger partial charge in [0, 0.05) is 10.9 Å². The topological polar surface area (TPSA) is 35.5 Å². The Labute approximate surface area is 86.2 Å². The van der Waals surface area contributed by atoms with Crippen LogP contribution in [0.3, 0.4) is 0 Å². The first-order valence-corrected chi connectivity index (χ1v) is 4.59. The van der Waals surface area contributed by atoms with Gasteiger partial charge in [0.1, 0.15) is 0 Å². The van der Waals surface area contributed by atoms with Crippen LogP contribution in [0.25, 0.3) is 10.8 Å². The van der Waals surface area contributed by atoms with Crippen molar-refractivity contribution in [3.8, 4) is 11.5 Å². The van der Waals surface area contributed by atoms with Crippen LogP contribution >= 0.6 is 0 Å². The third-order valence-electron chi connectivity index (χ3n) is 2.49. The van der Waals surface area contributed by atoms with E-state index in [0.29, 0.717) is 17.1 Å². The first-order chi connectivity index (χ1) is 7.40. The molecule has 3 heteroatoms. The van der Waals surface area contributed by atoms with Crippen LogP contribution in [0.15, 0.2) is 30.3 Å². The predicted molar refractivity (Wildman–Crippen MR) is 54.9 cm³/mol. The first-order valence-electron chi connectivity index (χ1n) is 4.59. The molecule has 1 aliphatic heterocycles. The summed E-state index contributed by atoms with van der Waals surface area (Å²) in [5.74, 6) is 1.33. The van der Waals surface area contributed by atoms with E-state index in [0.717, 1.165) is 10.8 Å². The van der Waals surface area contributed by atoms with E-state index in [9.17, 15) is 4.79 Å². The molecular formula is C12H7O3. The Kier molecular flexibility index (Phi) is 1.65. The molecular weight excluding hydrogens is 192 g/mol. The highest BCUT2D eigenvalue weighted by atomic mass is 16.7. The molecule has 0 N–H and O–H groups in total. The lowest BCUT2D eigenvalue weighted by Crippen LogP contribution is -1.93. The van der Waals surface area contributed by atoms with Crippen LogP contribution in [0.2, 0.25) is 0 Å². The van der Waals surface area contributed by atoms with Gasteiger partial charge in [-0.15, -0.1) is 0 Å². The lowest BCUT2D eigenvalue weighted by molar-refractivity contribution is 0.175. The van der Waals surface area contributed by atoms with Crippen molar-refractivity contribution >= 4 is 17.1 Å². The zero-order valence-corrected chi connectivity index (χ0v) is 7.82. The van der Waals surface area contributed by atoms with Crippen molar-refractivity contribution in [3.05, 3.63) is 35.9 Å². The molecule has 1 heterocycles. The third-order valence-corrected chi connectivity index (χ3v) is 2.49. The maximum atomic E-state index is 10.8. The summed E-state index contributed by atoms with van der Waals surface area (Å²) in [6, 6.07) is 9.23. The summed E-state index contributed by atoms with van der Waals surface area (Å²) in [4.78, 5) is 10.8. The van der Waals surface area contributed by atoms with Crippen molar-refractivity contribution in [3.63, 3.8) is 0 Å². The number of carbonyl (C=O) groups excluding carboxylic acids is 1. The van der Waals surface area contributed by atoms with Crippen LogP contribution in [-0.2, 0) is 4.79 Å². The van der Waals surface area contributed by atoms with E-state index >= 15 is 0 Å². The Bertz CT molecular complexity index is 546. The van der Waals surface area contributed by atoms with E-state index < -0.39 is 0 Å². The molecule has 0 bridgehead atoms. The molecule has 0 amide bonds. The van der Waals surface area contributed by atoms with Gasteiger partial charge in [0.15, 0.2) is 11.5 Å². The normalized spacial score (nSPS) is 13.1. The van der Waals surface area contributed by atoms with Gasteiger partial charge < -0.3 is 9.47 Å². The van der Waals surface area contributed by atoms with E-state index in [2.05, 4.69) is 0 Å². The second-order valence-corrected chi connectivity index (χ2v) is 3.31. The first kappa shape index (κ1) is 8.29. The Morgan fingerprint density at radius 2 is 1.93 bits per heavy atom. The average Bonchev–Trinajstić information content (AvgIpc) is 2.76. The Morgan fingerprint density at radius 3 is 2.73 bits per heavy atom. The van der Waals surface area contributed by atoms with Crippen LogP contribution in [0.5, 0.6) is 11.5 Å². The van der Waals surface area contributed by atoms with Crippen LogP contribution in [0.1, 0.15) is 5.56 Å². The van der Waals surface area contributed by atoms with Gasteiger partial charge in [-0.1, -0.05) is 24.3 Å². The van der Waals surface area contributed by atoms with Crippen molar-refractivity contribution in [1.82, 2.24) is 0 Å². The quantitative estimate of drug-likeness (QED) is 0.704. The second-order valence-electron chi connectivity index (χ2n) is 3.31. The van der Waals surface area contributed by atoms with Crippen LogP contribution < -0.4 is 9.47 Å². The van der Waals surface area contributed by atoms with Gasteiger partial charge in [-0.3, -0.25) is 4.79 Å². The molecule has 0 spiro atoms. The van der Waals surface area contributed by atoms with Crippen LogP contribution in [0.4, 0.5) is 0 Å². The fourth-order valence-electron chi connectivity index (χ4n) is 1.82. The molecule has 73 valence electrons. The van der Waals surface area contributed by atoms with Gasteiger partial charge in [-0.05, 0) is 11.5 Å². The lowest BCUT2D eigenvalue weighted by atomic mass is 10.0. The van der Waals surface area contributed by atoms with E-state index in [1.807, 2.05) is 30.6 Å². The summed E-state index contributed by atoms with van der Waals surface area (Å²) < 4.78 is 10.6. The summed E-state index contributed by atoms with van der Waals surface area (Å²) in [5.41, 5.74) is 0.509. The lowest BCUT2D eigenvalue weighted by Gasteiger charge is -2.04. The summed E-state index contributed by atoms with van der Waals surface area (Å²) >= 11 is 0. The van der Waals surface area contributed by atoms with Gasteiger partial charge in [0.2, 0.25) is 13.1 Å². The smallest absolute Gasteiger partial charge is 0.234 e. The zero-order chi connectivity index (χ0) is 10.3. The second kappa shape index (κ2) is 2.98. The Balaban J connectivity index is 2.46. The minimum atomic E-state index is 0.210. The van der Waals surface area contributed by atoms with Crippen LogP contribution in [-0.4, -0.2) is 13.1 Å². The van der Waals surface area contributed by atoms with Gasteiger partial charge in [-0.25, -0.2) is 0 Å². The maximum absolute atomic E-state index is 10.8. The average molecular weight is 199 g/mol. The number of hydrogen-bond acceptors (Lipinski definition) is 3. The van der Waals surface area contributed by atoms with E-state index in [4.69, 9.17) is 9.47 Å². The molecule has 0 saturated heterocycles. The van der Waals surface area contributed by atoms with Gasteiger partial charge in [0.05, 0.1) is 0 Å². The van der Waals surface area contributed by atoms with Crippen molar-refractivity contribution in [2.45, 2.75) is 0 Å². The third kappa shape index (κ3) is 1.09. The molecule has 3 nitrogen and oxygen atoms in total. The molecule has 1 aliphatic rings. The fourth-order valence-corrected chi connectivity index (χ4v) is 1.82. The zero-order valence-electron chi connectivity index (χ0n) is 7.82. The fraction of sp³-hybridized carbons (Fsp3) is 0.0833. The number of benzene rings is 2. The number of rotatable bonds is 1. The Morgan fingerprint density at radius 1 is 1.13 bits per heavy atom. The molecule has 2 aromatic carbocycles. The van der Waals surface area contributed by atoms with Gasteiger partial charge in [-0.2, -0.15) is 0 Å². The molecule has 2 aromatic rings.